The first-order valence-corrected chi connectivity index (χ1v) is 10.1. The Morgan fingerprint density at radius 3 is 2.19 bits per heavy atom. The number of carboxylic acid groups (broad SMARTS) is 1. The van der Waals surface area contributed by atoms with Gasteiger partial charge in [-0.25, -0.2) is 4.79 Å². The van der Waals surface area contributed by atoms with Gasteiger partial charge in [0.25, 0.3) is 0 Å². The van der Waals surface area contributed by atoms with Crippen LogP contribution in [0.25, 0.3) is 11.1 Å². The fourth-order valence-electron chi connectivity index (χ4n) is 4.14. The van der Waals surface area contributed by atoms with Crippen LogP contribution in [0.3, 0.4) is 0 Å². The van der Waals surface area contributed by atoms with Crippen molar-refractivity contribution in [1.82, 2.24) is 10.2 Å². The number of hydrogen-bond donors (Lipinski definition) is 2. The number of nitrogens with zero attached hydrogens (tertiary/aromatic N) is 1. The number of amides is 2. The number of methoxy groups -OCH3 is 1. The number of aliphatic carboxylic acids is 1. The molecule has 0 radical (unpaired) electrons. The van der Waals surface area contributed by atoms with Crippen molar-refractivity contribution in [2.75, 3.05) is 26.8 Å². The molecule has 2 aromatic carbocycles. The summed E-state index contributed by atoms with van der Waals surface area (Å²) in [6.07, 6.45) is -1.40. The summed E-state index contributed by atoms with van der Waals surface area (Å²) in [5.41, 5.74) is 4.36. The van der Waals surface area contributed by atoms with E-state index in [-0.39, 0.29) is 18.6 Å². The molecule has 1 unspecified atom stereocenters. The van der Waals surface area contributed by atoms with Gasteiger partial charge in [0.2, 0.25) is 5.91 Å². The molecule has 8 nitrogen and oxygen atoms in total. The van der Waals surface area contributed by atoms with Crippen molar-refractivity contribution in [2.24, 2.45) is 0 Å². The predicted octanol–water partition coefficient (Wildman–Crippen LogP) is 2.23. The van der Waals surface area contributed by atoms with E-state index in [2.05, 4.69) is 5.32 Å². The van der Waals surface area contributed by atoms with Gasteiger partial charge in [0, 0.05) is 26.1 Å². The van der Waals surface area contributed by atoms with E-state index in [0.29, 0.717) is 13.1 Å². The van der Waals surface area contributed by atoms with Crippen LogP contribution in [0.1, 0.15) is 23.5 Å². The van der Waals surface area contributed by atoms with Crippen LogP contribution < -0.4 is 5.32 Å². The zero-order valence-corrected chi connectivity index (χ0v) is 17.1. The second-order valence-corrected chi connectivity index (χ2v) is 7.72. The standard InChI is InChI=1S/C23H24N2O6/c1-30-14-11-25(12-14)22(28)20(10-21(26)27)24-23(29)31-13-19-17-8-4-2-6-15(17)16-7-3-5-9-18(16)19/h2-9,14,19-20H,10-13H2,1H3,(H,24,29)(H,26,27). The summed E-state index contributed by atoms with van der Waals surface area (Å²) in [7, 11) is 1.55. The van der Waals surface area contributed by atoms with E-state index < -0.39 is 30.4 Å². The van der Waals surface area contributed by atoms with Crippen molar-refractivity contribution in [3.63, 3.8) is 0 Å². The molecule has 2 N–H and O–H groups in total. The van der Waals surface area contributed by atoms with Crippen molar-refractivity contribution in [2.45, 2.75) is 24.5 Å². The third-order valence-corrected chi connectivity index (χ3v) is 5.81. The highest BCUT2D eigenvalue weighted by Gasteiger charge is 2.36. The highest BCUT2D eigenvalue weighted by atomic mass is 16.5. The number of likely N-dealkylation sites (tertiary alicyclic amines) is 1. The Balaban J connectivity index is 1.41. The molecule has 1 saturated heterocycles. The number of alkyl carbamates (subject to hydrolysis) is 1. The van der Waals surface area contributed by atoms with Gasteiger partial charge < -0.3 is 24.8 Å². The first-order chi connectivity index (χ1) is 15.0. The van der Waals surface area contributed by atoms with Crippen molar-refractivity contribution in [3.05, 3.63) is 59.7 Å². The van der Waals surface area contributed by atoms with E-state index in [1.54, 1.807) is 7.11 Å². The Morgan fingerprint density at radius 2 is 1.65 bits per heavy atom. The Hall–Kier alpha value is -3.39. The zero-order chi connectivity index (χ0) is 22.0. The van der Waals surface area contributed by atoms with Crippen molar-refractivity contribution in [3.8, 4) is 11.1 Å². The molecule has 1 aliphatic carbocycles. The quantitative estimate of drug-likeness (QED) is 0.706. The summed E-state index contributed by atoms with van der Waals surface area (Å²) in [6.45, 7) is 0.832. The van der Waals surface area contributed by atoms with Crippen LogP contribution in [0.2, 0.25) is 0 Å². The van der Waals surface area contributed by atoms with Gasteiger partial charge in [0.15, 0.2) is 0 Å². The van der Waals surface area contributed by atoms with E-state index in [0.717, 1.165) is 22.3 Å². The molecule has 31 heavy (non-hydrogen) atoms. The summed E-state index contributed by atoms with van der Waals surface area (Å²) in [6, 6.07) is 14.7. The molecule has 2 aromatic rings. The Morgan fingerprint density at radius 1 is 1.06 bits per heavy atom. The lowest BCUT2D eigenvalue weighted by Gasteiger charge is -2.39. The fourth-order valence-corrected chi connectivity index (χ4v) is 4.14. The molecule has 8 heteroatoms. The van der Waals surface area contributed by atoms with Crippen LogP contribution in [-0.2, 0) is 19.1 Å². The third kappa shape index (κ3) is 4.25. The molecule has 4 rings (SSSR count). The molecule has 1 fully saturated rings. The maximum Gasteiger partial charge on any atom is 0.407 e. The molecule has 2 amide bonds. The number of carboxylic acids is 1. The molecule has 2 aliphatic rings. The van der Waals surface area contributed by atoms with E-state index in [4.69, 9.17) is 14.6 Å². The predicted molar refractivity (Wildman–Crippen MR) is 112 cm³/mol. The largest absolute Gasteiger partial charge is 0.481 e. The Kier molecular flexibility index (Phi) is 5.90. The lowest BCUT2D eigenvalue weighted by molar-refractivity contribution is -0.149. The number of ether oxygens (including phenoxy) is 2. The molecule has 0 saturated carbocycles. The van der Waals surface area contributed by atoms with Crippen LogP contribution in [0.15, 0.2) is 48.5 Å². The maximum atomic E-state index is 12.6. The summed E-state index contributed by atoms with van der Waals surface area (Å²) < 4.78 is 10.6. The van der Waals surface area contributed by atoms with Gasteiger partial charge in [-0.15, -0.1) is 0 Å². The van der Waals surface area contributed by atoms with Crippen LogP contribution >= 0.6 is 0 Å². The van der Waals surface area contributed by atoms with Gasteiger partial charge in [0.1, 0.15) is 12.6 Å². The van der Waals surface area contributed by atoms with Crippen LogP contribution in [-0.4, -0.2) is 66.9 Å². The first-order valence-electron chi connectivity index (χ1n) is 10.1. The average molecular weight is 424 g/mol. The highest BCUT2D eigenvalue weighted by Crippen LogP contribution is 2.44. The lowest BCUT2D eigenvalue weighted by Crippen LogP contribution is -2.60. The van der Waals surface area contributed by atoms with Crippen molar-refractivity contribution in [1.29, 1.82) is 0 Å². The molecule has 1 atom stereocenters. The van der Waals surface area contributed by atoms with Crippen LogP contribution in [0.5, 0.6) is 0 Å². The number of rotatable bonds is 7. The second kappa shape index (κ2) is 8.77. The molecule has 0 bridgehead atoms. The lowest BCUT2D eigenvalue weighted by atomic mass is 9.98. The molecule has 0 spiro atoms. The van der Waals surface area contributed by atoms with Gasteiger partial charge >= 0.3 is 12.1 Å². The van der Waals surface area contributed by atoms with Gasteiger partial charge in [-0.1, -0.05) is 48.5 Å². The molecule has 162 valence electrons. The van der Waals surface area contributed by atoms with Crippen molar-refractivity contribution >= 4 is 18.0 Å². The van der Waals surface area contributed by atoms with E-state index in [1.807, 2.05) is 48.5 Å². The number of carbonyl (C=O) groups is 3. The monoisotopic (exact) mass is 424 g/mol. The minimum absolute atomic E-state index is 0.0658. The molecule has 1 aliphatic heterocycles. The van der Waals surface area contributed by atoms with Gasteiger partial charge in [-0.2, -0.15) is 0 Å². The fraction of sp³-hybridized carbons (Fsp3) is 0.348. The number of hydrogen-bond acceptors (Lipinski definition) is 5. The number of nitrogens with one attached hydrogen (secondary N) is 1. The number of fused-ring (bicyclic) bond motifs is 3. The molecule has 1 heterocycles. The van der Waals surface area contributed by atoms with Crippen LogP contribution in [0, 0.1) is 0 Å². The minimum atomic E-state index is -1.19. The topological polar surface area (TPSA) is 105 Å². The van der Waals surface area contributed by atoms with Crippen LogP contribution in [0.4, 0.5) is 4.79 Å². The molecule has 0 aromatic heterocycles. The van der Waals surface area contributed by atoms with Gasteiger partial charge in [-0.05, 0) is 22.3 Å². The maximum absolute atomic E-state index is 12.6. The summed E-state index contributed by atoms with van der Waals surface area (Å²) in [5, 5.41) is 11.6. The first kappa shape index (κ1) is 20.9. The second-order valence-electron chi connectivity index (χ2n) is 7.72. The van der Waals surface area contributed by atoms with E-state index in [1.165, 1.54) is 4.90 Å². The van der Waals surface area contributed by atoms with Crippen molar-refractivity contribution < 1.29 is 29.0 Å². The average Bonchev–Trinajstić information content (AvgIpc) is 3.04. The molecular formula is C23H24N2O6. The Labute approximate surface area is 179 Å². The summed E-state index contributed by atoms with van der Waals surface area (Å²) >= 11 is 0. The molecular weight excluding hydrogens is 400 g/mol. The smallest absolute Gasteiger partial charge is 0.407 e. The third-order valence-electron chi connectivity index (χ3n) is 5.81. The van der Waals surface area contributed by atoms with E-state index >= 15 is 0 Å². The summed E-state index contributed by atoms with van der Waals surface area (Å²) in [5.74, 6) is -1.75. The summed E-state index contributed by atoms with van der Waals surface area (Å²) in [4.78, 5) is 37.7. The number of benzene rings is 2. The van der Waals surface area contributed by atoms with Gasteiger partial charge in [0.05, 0.1) is 12.5 Å². The zero-order valence-electron chi connectivity index (χ0n) is 17.1. The number of carbonyl (C=O) groups excluding carboxylic acids is 2. The highest BCUT2D eigenvalue weighted by molar-refractivity contribution is 5.90. The minimum Gasteiger partial charge on any atom is -0.481 e. The normalized spacial score (nSPS) is 16.1. The SMILES string of the molecule is COC1CN(C(=O)C(CC(=O)O)NC(=O)OCC2c3ccccc3-c3ccccc32)C1. The van der Waals surface area contributed by atoms with Gasteiger partial charge in [-0.3, -0.25) is 9.59 Å². The Bertz CT molecular complexity index is 956. The van der Waals surface area contributed by atoms with E-state index in [9.17, 15) is 14.4 Å².